The van der Waals surface area contributed by atoms with Gasteiger partial charge in [-0.25, -0.2) is 0 Å². The van der Waals surface area contributed by atoms with Gasteiger partial charge in [0.15, 0.2) is 18.7 Å². The number of carbonyl (C=O) groups excluding carboxylic acids is 1. The Hall–Kier alpha value is -1.17. The minimum Gasteiger partial charge on any atom is -0.394 e. The Kier molecular flexibility index (Phi) is 9.45. The molecule has 0 aromatic heterocycles. The normalized spacial score (nSPS) is 52.7. The molecule has 4 heterocycles. The average Bonchev–Trinajstić information content (AvgIpc) is 3.18. The summed E-state index contributed by atoms with van der Waals surface area (Å²) in [7, 11) is 0. The van der Waals surface area contributed by atoms with E-state index in [4.69, 9.17) is 24.7 Å². The summed E-state index contributed by atoms with van der Waals surface area (Å²) in [6.07, 6.45) is -24.0. The molecule has 226 valence electrons. The fourth-order valence-electron chi connectivity index (χ4n) is 5.52. The van der Waals surface area contributed by atoms with Crippen LogP contribution in [0.4, 0.5) is 0 Å². The molecular formula is C21H36N2O16. The molecule has 4 fully saturated rings. The Morgan fingerprint density at radius 1 is 0.667 bits per heavy atom. The zero-order valence-corrected chi connectivity index (χ0v) is 20.4. The first-order valence-corrected chi connectivity index (χ1v) is 12.4. The molecule has 18 nitrogen and oxygen atoms in total. The summed E-state index contributed by atoms with van der Waals surface area (Å²) in [5.41, 5.74) is 5.83. The Balaban J connectivity index is 1.49. The van der Waals surface area contributed by atoms with Crippen LogP contribution in [0.2, 0.25) is 0 Å². The van der Waals surface area contributed by atoms with Crippen molar-refractivity contribution in [1.29, 1.82) is 0 Å². The molecule has 0 aromatic rings. The number of fused-ring (bicyclic) bond motifs is 1. The topological polar surface area (TPSA) is 306 Å². The van der Waals surface area contributed by atoms with Gasteiger partial charge in [0, 0.05) is 0 Å². The second kappa shape index (κ2) is 12.0. The monoisotopic (exact) mass is 572 g/mol. The standard InChI is InChI=1S/C21H36N2O16/c22-7-11(29)10(28)5(2-25)36-20(7)38-17-6(3-26)37-21(16(34)15(17)33)39-18-14(32)13(31)8-12(30)9(27)4(1-24)23(8)19(18)35/h4-18,20-21,24-34H,1-3,22H2/t4-,5+,6+,7+,8-,9-,10-,11-,12-,13-,14-,15+,16+,17-,18+,20-,21+/m0/s1. The van der Waals surface area contributed by atoms with Gasteiger partial charge in [-0.05, 0) is 0 Å². The number of nitrogens with zero attached hydrogens (tertiary/aromatic N) is 1. The van der Waals surface area contributed by atoms with Crippen molar-refractivity contribution in [3.8, 4) is 0 Å². The van der Waals surface area contributed by atoms with E-state index in [-0.39, 0.29) is 0 Å². The summed E-state index contributed by atoms with van der Waals surface area (Å²) >= 11 is 0. The lowest BCUT2D eigenvalue weighted by molar-refractivity contribution is -0.353. The number of nitrogens with two attached hydrogens (primary N) is 1. The smallest absolute Gasteiger partial charge is 0.255 e. The second-order valence-corrected chi connectivity index (χ2v) is 10.1. The fraction of sp³-hybridized carbons (Fsp3) is 0.952. The van der Waals surface area contributed by atoms with Gasteiger partial charge in [-0.2, -0.15) is 0 Å². The molecule has 4 saturated heterocycles. The largest absolute Gasteiger partial charge is 0.394 e. The lowest BCUT2D eigenvalue weighted by atomic mass is 9.91. The SMILES string of the molecule is N[C@H]1[C@H](O[C@@H]2[C@H](O)[C@@H](O)[C@@H](O[C@H]3C(=O)N4[C@@H]([C@H](O)[C@@H](O)[C@@H]4CO)[C@H](O)[C@@H]3O)O[C@@H]2CO)O[C@H](CO)[C@H](O)[C@H]1O. The van der Waals surface area contributed by atoms with Crippen molar-refractivity contribution in [2.75, 3.05) is 19.8 Å². The maximum Gasteiger partial charge on any atom is 0.255 e. The molecule has 0 bridgehead atoms. The maximum atomic E-state index is 13.1. The predicted octanol–water partition coefficient (Wildman–Crippen LogP) is -9.01. The summed E-state index contributed by atoms with van der Waals surface area (Å²) in [5, 5.41) is 112. The molecule has 18 heteroatoms. The zero-order valence-electron chi connectivity index (χ0n) is 20.4. The molecular weight excluding hydrogens is 536 g/mol. The van der Waals surface area contributed by atoms with Gasteiger partial charge in [0.2, 0.25) is 0 Å². The highest BCUT2D eigenvalue weighted by molar-refractivity contribution is 5.84. The van der Waals surface area contributed by atoms with Crippen LogP contribution in [0.15, 0.2) is 0 Å². The molecule has 1 amide bonds. The van der Waals surface area contributed by atoms with Crippen molar-refractivity contribution in [3.63, 3.8) is 0 Å². The van der Waals surface area contributed by atoms with Gasteiger partial charge in [0.25, 0.3) is 5.91 Å². The Morgan fingerprint density at radius 3 is 1.85 bits per heavy atom. The van der Waals surface area contributed by atoms with Crippen molar-refractivity contribution < 1.29 is 79.9 Å². The van der Waals surface area contributed by atoms with Gasteiger partial charge < -0.3 is 85.8 Å². The summed E-state index contributed by atoms with van der Waals surface area (Å²) in [5.74, 6) is -1.07. The van der Waals surface area contributed by atoms with E-state index in [1.54, 1.807) is 0 Å². The van der Waals surface area contributed by atoms with Crippen LogP contribution in [0.1, 0.15) is 0 Å². The second-order valence-electron chi connectivity index (χ2n) is 10.1. The summed E-state index contributed by atoms with van der Waals surface area (Å²) in [6, 6.07) is -4.19. The molecule has 17 atom stereocenters. The molecule has 39 heavy (non-hydrogen) atoms. The highest BCUT2D eigenvalue weighted by Crippen LogP contribution is 2.36. The van der Waals surface area contributed by atoms with E-state index >= 15 is 0 Å². The number of rotatable bonds is 7. The van der Waals surface area contributed by atoms with E-state index in [1.807, 2.05) is 0 Å². The first-order valence-electron chi connectivity index (χ1n) is 12.4. The van der Waals surface area contributed by atoms with Crippen LogP contribution >= 0.6 is 0 Å². The Bertz CT molecular complexity index is 853. The number of ether oxygens (including phenoxy) is 4. The van der Waals surface area contributed by atoms with Crippen LogP contribution in [0.5, 0.6) is 0 Å². The minimum atomic E-state index is -2.00. The summed E-state index contributed by atoms with van der Waals surface area (Å²) in [6.45, 7) is -2.37. The van der Waals surface area contributed by atoms with E-state index in [2.05, 4.69) is 0 Å². The van der Waals surface area contributed by atoms with Crippen LogP contribution < -0.4 is 5.73 Å². The third kappa shape index (κ3) is 5.18. The van der Waals surface area contributed by atoms with Gasteiger partial charge in [-0.15, -0.1) is 0 Å². The molecule has 0 radical (unpaired) electrons. The first-order chi connectivity index (χ1) is 18.4. The summed E-state index contributed by atoms with van der Waals surface area (Å²) < 4.78 is 21.8. The number of aliphatic hydroxyl groups is 11. The predicted molar refractivity (Wildman–Crippen MR) is 119 cm³/mol. The number of piperidine rings is 1. The average molecular weight is 573 g/mol. The molecule has 0 aromatic carbocycles. The number of hydrogen-bond donors (Lipinski definition) is 12. The lowest BCUT2D eigenvalue weighted by Gasteiger charge is -2.48. The first kappa shape index (κ1) is 30.8. The van der Waals surface area contributed by atoms with Crippen LogP contribution in [0.3, 0.4) is 0 Å². The van der Waals surface area contributed by atoms with Crippen molar-refractivity contribution in [1.82, 2.24) is 4.90 Å². The summed E-state index contributed by atoms with van der Waals surface area (Å²) in [4.78, 5) is 13.9. The highest BCUT2D eigenvalue weighted by Gasteiger charge is 2.61. The van der Waals surface area contributed by atoms with Crippen molar-refractivity contribution >= 4 is 5.91 Å². The Labute approximate surface area is 220 Å². The van der Waals surface area contributed by atoms with E-state index < -0.39 is 130 Å². The van der Waals surface area contributed by atoms with Crippen molar-refractivity contribution in [2.45, 2.75) is 104 Å². The maximum absolute atomic E-state index is 13.1. The molecule has 4 rings (SSSR count). The van der Waals surface area contributed by atoms with Crippen LogP contribution in [0, 0.1) is 0 Å². The molecule has 4 aliphatic rings. The number of carbonyl (C=O) groups is 1. The lowest BCUT2D eigenvalue weighted by Crippen LogP contribution is -2.69. The van der Waals surface area contributed by atoms with Gasteiger partial charge >= 0.3 is 0 Å². The third-order valence-electron chi connectivity index (χ3n) is 7.79. The number of aliphatic hydroxyl groups excluding tert-OH is 11. The van der Waals surface area contributed by atoms with E-state index in [1.165, 1.54) is 0 Å². The van der Waals surface area contributed by atoms with E-state index in [0.29, 0.717) is 0 Å². The number of amides is 1. The molecule has 13 N–H and O–H groups in total. The highest BCUT2D eigenvalue weighted by atomic mass is 16.7. The molecule has 0 unspecified atom stereocenters. The molecule has 0 spiro atoms. The Morgan fingerprint density at radius 2 is 1.26 bits per heavy atom. The molecule has 0 saturated carbocycles. The minimum absolute atomic E-state index is 0.719. The van der Waals surface area contributed by atoms with E-state index in [9.17, 15) is 61.0 Å². The van der Waals surface area contributed by atoms with Gasteiger partial charge in [-0.1, -0.05) is 0 Å². The van der Waals surface area contributed by atoms with Gasteiger partial charge in [0.05, 0.1) is 37.9 Å². The van der Waals surface area contributed by atoms with Crippen molar-refractivity contribution in [2.24, 2.45) is 5.73 Å². The van der Waals surface area contributed by atoms with Crippen LogP contribution in [-0.2, 0) is 23.7 Å². The van der Waals surface area contributed by atoms with Crippen molar-refractivity contribution in [3.05, 3.63) is 0 Å². The quantitative estimate of drug-likeness (QED) is 0.135. The molecule has 4 aliphatic heterocycles. The number of hydrogen-bond acceptors (Lipinski definition) is 17. The van der Waals surface area contributed by atoms with Crippen LogP contribution in [0.25, 0.3) is 0 Å². The van der Waals surface area contributed by atoms with Gasteiger partial charge in [-0.3, -0.25) is 4.79 Å². The van der Waals surface area contributed by atoms with Crippen LogP contribution in [-0.4, -0.2) is 191 Å². The molecule has 0 aliphatic carbocycles. The zero-order chi connectivity index (χ0) is 28.9. The fourth-order valence-corrected chi connectivity index (χ4v) is 5.52. The van der Waals surface area contributed by atoms with Gasteiger partial charge in [0.1, 0.15) is 67.1 Å². The third-order valence-corrected chi connectivity index (χ3v) is 7.79. The van der Waals surface area contributed by atoms with E-state index in [0.717, 1.165) is 4.90 Å².